The molecule has 122 valence electrons. The first-order valence-electron chi connectivity index (χ1n) is 8.04. The third-order valence-corrected chi connectivity index (χ3v) is 3.72. The Kier molecular flexibility index (Phi) is 4.75. The van der Waals surface area contributed by atoms with Gasteiger partial charge in [-0.1, -0.05) is 31.2 Å². The van der Waals surface area contributed by atoms with Crippen molar-refractivity contribution >= 4 is 17.9 Å². The molecule has 24 heavy (non-hydrogen) atoms. The highest BCUT2D eigenvalue weighted by Crippen LogP contribution is 2.21. The van der Waals surface area contributed by atoms with E-state index in [0.717, 1.165) is 23.3 Å². The minimum atomic E-state index is -0.432. The number of hydrogen-bond acceptors (Lipinski definition) is 4. The second kappa shape index (κ2) is 7.13. The fraction of sp³-hybridized carbons (Fsp3) is 0.200. The van der Waals surface area contributed by atoms with Gasteiger partial charge >= 0.3 is 5.97 Å². The van der Waals surface area contributed by atoms with Crippen molar-refractivity contribution in [2.75, 3.05) is 6.61 Å². The Morgan fingerprint density at radius 2 is 1.75 bits per heavy atom. The highest BCUT2D eigenvalue weighted by atomic mass is 16.6. The summed E-state index contributed by atoms with van der Waals surface area (Å²) >= 11 is 0. The molecule has 0 saturated heterocycles. The fourth-order valence-electron chi connectivity index (χ4n) is 2.40. The van der Waals surface area contributed by atoms with E-state index in [-0.39, 0.29) is 0 Å². The summed E-state index contributed by atoms with van der Waals surface area (Å²) in [5.74, 6) is 0.663. The van der Waals surface area contributed by atoms with Crippen molar-refractivity contribution in [3.05, 3.63) is 70.9 Å². The van der Waals surface area contributed by atoms with E-state index in [2.05, 4.69) is 11.9 Å². The molecule has 3 rings (SSSR count). The second-order valence-electron chi connectivity index (χ2n) is 5.39. The van der Waals surface area contributed by atoms with E-state index in [1.807, 2.05) is 55.5 Å². The monoisotopic (exact) mass is 321 g/mol. The predicted molar refractivity (Wildman–Crippen MR) is 94.0 cm³/mol. The first-order valence-corrected chi connectivity index (χ1v) is 8.04. The Morgan fingerprint density at radius 3 is 2.38 bits per heavy atom. The molecule has 1 aliphatic rings. The van der Waals surface area contributed by atoms with Crippen LogP contribution in [0.2, 0.25) is 0 Å². The summed E-state index contributed by atoms with van der Waals surface area (Å²) < 4.78 is 10.7. The van der Waals surface area contributed by atoms with Gasteiger partial charge in [0.25, 0.3) is 0 Å². The van der Waals surface area contributed by atoms with Gasteiger partial charge in [-0.05, 0) is 54.8 Å². The van der Waals surface area contributed by atoms with Crippen molar-refractivity contribution in [3.63, 3.8) is 0 Å². The molecule has 0 bridgehead atoms. The zero-order valence-electron chi connectivity index (χ0n) is 13.8. The number of esters is 1. The fourth-order valence-corrected chi connectivity index (χ4v) is 2.40. The summed E-state index contributed by atoms with van der Waals surface area (Å²) in [6, 6.07) is 15.4. The quantitative estimate of drug-likeness (QED) is 0.618. The average Bonchev–Trinajstić information content (AvgIpc) is 2.97. The molecule has 0 aliphatic carbocycles. The minimum Gasteiger partial charge on any atom is -0.494 e. The number of carbonyl (C=O) groups is 1. The largest absolute Gasteiger partial charge is 0.494 e. The summed E-state index contributed by atoms with van der Waals surface area (Å²) in [7, 11) is 0. The van der Waals surface area contributed by atoms with Crippen LogP contribution in [-0.4, -0.2) is 18.5 Å². The zero-order chi connectivity index (χ0) is 16.9. The number of hydrogen-bond donors (Lipinski definition) is 0. The summed E-state index contributed by atoms with van der Waals surface area (Å²) in [4.78, 5) is 16.3. The summed E-state index contributed by atoms with van der Waals surface area (Å²) in [5.41, 5.74) is 3.24. The number of carbonyl (C=O) groups excluding carboxylic acids is 1. The maximum Gasteiger partial charge on any atom is 0.363 e. The normalized spacial score (nSPS) is 15.3. The molecule has 1 aliphatic heterocycles. The molecule has 0 atom stereocenters. The molecule has 0 saturated carbocycles. The SMILES string of the molecule is CCOc1ccc(C2=N/C(=C\c3ccc(CC)cc3)C(=O)O2)cc1. The molecule has 0 amide bonds. The number of ether oxygens (including phenoxy) is 2. The van der Waals surface area contributed by atoms with Crippen molar-refractivity contribution in [1.29, 1.82) is 0 Å². The van der Waals surface area contributed by atoms with Crippen LogP contribution in [0.25, 0.3) is 6.08 Å². The van der Waals surface area contributed by atoms with Gasteiger partial charge in [-0.2, -0.15) is 0 Å². The van der Waals surface area contributed by atoms with Gasteiger partial charge in [0.2, 0.25) is 5.90 Å². The molecule has 4 heteroatoms. The summed E-state index contributed by atoms with van der Waals surface area (Å²) in [6.07, 6.45) is 2.72. The molecule has 0 spiro atoms. The Bertz CT molecular complexity index is 787. The Morgan fingerprint density at radius 1 is 1.04 bits per heavy atom. The van der Waals surface area contributed by atoms with Gasteiger partial charge in [0.05, 0.1) is 6.61 Å². The number of cyclic esters (lactones) is 1. The van der Waals surface area contributed by atoms with Gasteiger partial charge in [0.1, 0.15) is 5.75 Å². The molecule has 0 N–H and O–H groups in total. The van der Waals surface area contributed by atoms with E-state index in [1.165, 1.54) is 5.56 Å². The van der Waals surface area contributed by atoms with Crippen LogP contribution >= 0.6 is 0 Å². The standard InChI is InChI=1S/C20H19NO3/c1-3-14-5-7-15(8-6-14)13-18-20(22)24-19(21-18)16-9-11-17(12-10-16)23-4-2/h5-13H,3-4H2,1-2H3/b18-13-. The first-order chi connectivity index (χ1) is 11.7. The van der Waals surface area contributed by atoms with E-state index < -0.39 is 5.97 Å². The first kappa shape index (κ1) is 16.0. The van der Waals surface area contributed by atoms with Crippen molar-refractivity contribution in [3.8, 4) is 5.75 Å². The van der Waals surface area contributed by atoms with Crippen LogP contribution in [0, 0.1) is 0 Å². The average molecular weight is 321 g/mol. The maximum absolute atomic E-state index is 12.0. The van der Waals surface area contributed by atoms with Gasteiger partial charge in [-0.3, -0.25) is 0 Å². The van der Waals surface area contributed by atoms with E-state index in [4.69, 9.17) is 9.47 Å². The zero-order valence-corrected chi connectivity index (χ0v) is 13.8. The maximum atomic E-state index is 12.0. The summed E-state index contributed by atoms with van der Waals surface area (Å²) in [6.45, 7) is 4.65. The van der Waals surface area contributed by atoms with Crippen LogP contribution in [0.3, 0.4) is 0 Å². The highest BCUT2D eigenvalue weighted by molar-refractivity contribution is 6.12. The molecule has 1 heterocycles. The van der Waals surface area contributed by atoms with Crippen molar-refractivity contribution in [2.45, 2.75) is 20.3 Å². The molecular weight excluding hydrogens is 302 g/mol. The van der Waals surface area contributed by atoms with Crippen LogP contribution in [0.4, 0.5) is 0 Å². The number of rotatable bonds is 5. The van der Waals surface area contributed by atoms with Gasteiger partial charge in [0.15, 0.2) is 5.70 Å². The van der Waals surface area contributed by atoms with Crippen molar-refractivity contribution in [1.82, 2.24) is 0 Å². The molecular formula is C20H19NO3. The van der Waals surface area contributed by atoms with E-state index in [1.54, 1.807) is 6.08 Å². The van der Waals surface area contributed by atoms with Crippen molar-refractivity contribution < 1.29 is 14.3 Å². The van der Waals surface area contributed by atoms with Crippen LogP contribution in [-0.2, 0) is 16.0 Å². The topological polar surface area (TPSA) is 47.9 Å². The third kappa shape index (κ3) is 3.54. The van der Waals surface area contributed by atoms with Crippen LogP contribution in [0.5, 0.6) is 5.75 Å². The van der Waals surface area contributed by atoms with Gasteiger partial charge in [-0.25, -0.2) is 9.79 Å². The molecule has 0 unspecified atom stereocenters. The molecule has 2 aromatic carbocycles. The van der Waals surface area contributed by atoms with Crippen LogP contribution in [0.15, 0.2) is 59.2 Å². The highest BCUT2D eigenvalue weighted by Gasteiger charge is 2.24. The molecule has 2 aromatic rings. The lowest BCUT2D eigenvalue weighted by Gasteiger charge is -2.03. The van der Waals surface area contributed by atoms with Gasteiger partial charge in [-0.15, -0.1) is 0 Å². The van der Waals surface area contributed by atoms with Gasteiger partial charge in [0, 0.05) is 5.56 Å². The Labute approximate surface area is 141 Å². The lowest BCUT2D eigenvalue weighted by molar-refractivity contribution is -0.129. The lowest BCUT2D eigenvalue weighted by Crippen LogP contribution is -2.05. The van der Waals surface area contributed by atoms with Crippen LogP contribution < -0.4 is 4.74 Å². The van der Waals surface area contributed by atoms with Crippen molar-refractivity contribution in [2.24, 2.45) is 4.99 Å². The second-order valence-corrected chi connectivity index (χ2v) is 5.39. The third-order valence-electron chi connectivity index (χ3n) is 3.72. The molecule has 0 radical (unpaired) electrons. The van der Waals surface area contributed by atoms with E-state index >= 15 is 0 Å². The van der Waals surface area contributed by atoms with Crippen LogP contribution in [0.1, 0.15) is 30.5 Å². The van der Waals surface area contributed by atoms with Gasteiger partial charge < -0.3 is 9.47 Å². The number of benzene rings is 2. The lowest BCUT2D eigenvalue weighted by atomic mass is 10.1. The smallest absolute Gasteiger partial charge is 0.363 e. The minimum absolute atomic E-state index is 0.308. The number of nitrogens with zero attached hydrogens (tertiary/aromatic N) is 1. The molecule has 4 nitrogen and oxygen atoms in total. The Balaban J connectivity index is 1.82. The summed E-state index contributed by atoms with van der Waals surface area (Å²) in [5, 5.41) is 0. The van der Waals surface area contributed by atoms with E-state index in [0.29, 0.717) is 18.2 Å². The molecule has 0 fully saturated rings. The Hall–Kier alpha value is -2.88. The number of aryl methyl sites for hydroxylation is 1. The van der Waals surface area contributed by atoms with E-state index in [9.17, 15) is 4.79 Å². The predicted octanol–water partition coefficient (Wildman–Crippen LogP) is 3.99. The molecule has 0 aromatic heterocycles. The number of aliphatic imine (C=N–C) groups is 1.